The van der Waals surface area contributed by atoms with Crippen LogP contribution in [0.15, 0.2) is 108 Å². The molecular weight excluding hydrogens is 795 g/mol. The van der Waals surface area contributed by atoms with Gasteiger partial charge < -0.3 is 14.0 Å². The average Bonchev–Trinajstić information content (AvgIpc) is 3.85. The number of hydrogen-bond acceptors (Lipinski definition) is 4. The minimum Gasteiger partial charge on any atom is -0.494 e. The summed E-state index contributed by atoms with van der Waals surface area (Å²) in [4.78, 5) is 9.26. The standard InChI is InChI=1S/C56H74BF2N3O2/c1-5-7-9-11-13-15-17-19-21-23-41-63-52-33-27-47(28-34-52)25-31-50-43-45(3)55(61-50)54(49-37-39-60-40-38-49)56-46(4)44-51(62(56)57(58)59)32-26-48-29-35-53(36-30-48)64-42-24-22-20-18-16-14-12-10-8-6-2/h25-40,43-44H,5-24,41-42H2,1-4H3/b31-25+,32-26+,55-54-. The topological polar surface area (TPSA) is 48.6 Å². The Morgan fingerprint density at radius 2 is 1.03 bits per heavy atom. The third kappa shape index (κ3) is 16.9. The van der Waals surface area contributed by atoms with Crippen LogP contribution in [0.1, 0.15) is 183 Å². The zero-order valence-corrected chi connectivity index (χ0v) is 39.4. The Morgan fingerprint density at radius 3 is 1.50 bits per heavy atom. The average molecular weight is 870 g/mol. The van der Waals surface area contributed by atoms with Gasteiger partial charge in [-0.05, 0) is 115 Å². The first-order chi connectivity index (χ1) is 31.4. The zero-order valence-electron chi connectivity index (χ0n) is 39.4. The maximum atomic E-state index is 15.2. The second kappa shape index (κ2) is 28.7. The molecule has 64 heavy (non-hydrogen) atoms. The van der Waals surface area contributed by atoms with Crippen molar-refractivity contribution in [1.82, 2.24) is 9.46 Å². The van der Waals surface area contributed by atoms with Crippen molar-refractivity contribution in [2.75, 3.05) is 13.2 Å². The molecule has 0 atom stereocenters. The highest BCUT2D eigenvalue weighted by Crippen LogP contribution is 2.37. The first-order valence-electron chi connectivity index (χ1n) is 24.6. The molecule has 0 saturated carbocycles. The van der Waals surface area contributed by atoms with Crippen molar-refractivity contribution in [3.63, 3.8) is 0 Å². The SMILES string of the molecule is CCCCCCCCCCCCOc1ccc(/C=C/C2=NC(=C(/c3ccncc3)c3c(C)cc(/C=C/c4ccc(OCCCCCCCCCCCC)cc4)n3B(F)F)/C(C)=C2)cc1. The van der Waals surface area contributed by atoms with Crippen molar-refractivity contribution >= 4 is 36.9 Å². The summed E-state index contributed by atoms with van der Waals surface area (Å²) in [6.45, 7) is 9.83. The molecule has 4 aromatic rings. The fourth-order valence-electron chi connectivity index (χ4n) is 8.39. The van der Waals surface area contributed by atoms with Gasteiger partial charge in [0, 0.05) is 29.4 Å². The van der Waals surface area contributed by atoms with Gasteiger partial charge in [-0.25, -0.2) is 4.99 Å². The maximum absolute atomic E-state index is 15.2. The van der Waals surface area contributed by atoms with Gasteiger partial charge in [0.25, 0.3) is 0 Å². The summed E-state index contributed by atoms with van der Waals surface area (Å²) in [6, 6.07) is 21.5. The molecule has 0 aliphatic carbocycles. The van der Waals surface area contributed by atoms with Crippen molar-refractivity contribution in [3.05, 3.63) is 136 Å². The molecule has 0 saturated heterocycles. The quantitative estimate of drug-likeness (QED) is 0.0374. The van der Waals surface area contributed by atoms with Gasteiger partial charge in [-0.1, -0.05) is 166 Å². The monoisotopic (exact) mass is 870 g/mol. The number of aliphatic imine (C=N–C) groups is 1. The number of aryl methyl sites for hydroxylation is 1. The first-order valence-corrected chi connectivity index (χ1v) is 24.6. The lowest BCUT2D eigenvalue weighted by Crippen LogP contribution is -2.18. The lowest BCUT2D eigenvalue weighted by atomic mass is 9.95. The van der Waals surface area contributed by atoms with Gasteiger partial charge in [0.05, 0.1) is 24.6 Å². The molecule has 0 fully saturated rings. The second-order valence-electron chi connectivity index (χ2n) is 17.4. The molecule has 5 nitrogen and oxygen atoms in total. The van der Waals surface area contributed by atoms with Gasteiger partial charge in [0.15, 0.2) is 0 Å². The Bertz CT molecular complexity index is 2100. The molecule has 0 amide bonds. The van der Waals surface area contributed by atoms with Gasteiger partial charge in [-0.15, -0.1) is 0 Å². The summed E-state index contributed by atoms with van der Waals surface area (Å²) in [6.07, 6.45) is 38.9. The van der Waals surface area contributed by atoms with Crippen LogP contribution in [0.25, 0.3) is 23.8 Å². The Hall–Kier alpha value is -4.98. The fourth-order valence-corrected chi connectivity index (χ4v) is 8.39. The molecule has 2 aromatic heterocycles. The molecule has 0 bridgehead atoms. The van der Waals surface area contributed by atoms with Gasteiger partial charge in [-0.2, -0.15) is 0 Å². The first kappa shape index (κ1) is 50.0. The number of nitrogens with zero attached hydrogens (tertiary/aromatic N) is 3. The number of rotatable bonds is 31. The van der Waals surface area contributed by atoms with E-state index in [1.807, 2.05) is 105 Å². The van der Waals surface area contributed by atoms with Crippen LogP contribution in [-0.2, 0) is 0 Å². The highest BCUT2D eigenvalue weighted by atomic mass is 19.2. The van der Waals surface area contributed by atoms with Crippen LogP contribution < -0.4 is 9.47 Å². The van der Waals surface area contributed by atoms with Crippen LogP contribution in [0, 0.1) is 6.92 Å². The Labute approximate surface area is 385 Å². The lowest BCUT2D eigenvalue weighted by Gasteiger charge is -2.16. The Balaban J connectivity index is 1.20. The summed E-state index contributed by atoms with van der Waals surface area (Å²) in [5.74, 6) is 1.70. The molecule has 8 heteroatoms. The van der Waals surface area contributed by atoms with E-state index in [0.29, 0.717) is 29.3 Å². The van der Waals surface area contributed by atoms with Gasteiger partial charge in [0.1, 0.15) is 11.5 Å². The molecule has 0 unspecified atom stereocenters. The smallest absolute Gasteiger partial charge is 0.494 e. The van der Waals surface area contributed by atoms with E-state index in [-0.39, 0.29) is 0 Å². The molecule has 342 valence electrons. The predicted molar refractivity (Wildman–Crippen MR) is 270 cm³/mol. The largest absolute Gasteiger partial charge is 0.678 e. The number of unbranched alkanes of at least 4 members (excludes halogenated alkanes) is 18. The van der Waals surface area contributed by atoms with E-state index in [4.69, 9.17) is 14.5 Å². The Morgan fingerprint density at radius 1 is 0.578 bits per heavy atom. The summed E-state index contributed by atoms with van der Waals surface area (Å²) >= 11 is 0. The molecule has 2 aromatic carbocycles. The molecule has 5 rings (SSSR count). The van der Waals surface area contributed by atoms with Crippen molar-refractivity contribution in [2.24, 2.45) is 4.99 Å². The third-order valence-corrected chi connectivity index (χ3v) is 12.1. The van der Waals surface area contributed by atoms with E-state index < -0.39 is 7.40 Å². The molecular formula is C56H74BF2N3O2. The normalized spacial score (nSPS) is 13.5. The zero-order chi connectivity index (χ0) is 45.2. The second-order valence-corrected chi connectivity index (χ2v) is 17.4. The van der Waals surface area contributed by atoms with Crippen LogP contribution in [0.4, 0.5) is 8.63 Å². The number of ether oxygens (including phenoxy) is 2. The van der Waals surface area contributed by atoms with Gasteiger partial charge in [0.2, 0.25) is 0 Å². The van der Waals surface area contributed by atoms with Crippen LogP contribution in [0.2, 0.25) is 0 Å². The van der Waals surface area contributed by atoms with Crippen LogP contribution in [0.3, 0.4) is 0 Å². The summed E-state index contributed by atoms with van der Waals surface area (Å²) in [5.41, 5.74) is 7.24. The van der Waals surface area contributed by atoms with Crippen molar-refractivity contribution in [2.45, 2.75) is 156 Å². The van der Waals surface area contributed by atoms with E-state index in [1.165, 1.54) is 116 Å². The predicted octanol–water partition coefficient (Wildman–Crippen LogP) is 16.6. The van der Waals surface area contributed by atoms with E-state index >= 15 is 8.63 Å². The molecule has 3 heterocycles. The van der Waals surface area contributed by atoms with E-state index in [2.05, 4.69) is 18.8 Å². The molecule has 1 aliphatic heterocycles. The molecule has 1 aliphatic rings. The maximum Gasteiger partial charge on any atom is 0.678 e. The highest BCUT2D eigenvalue weighted by Gasteiger charge is 2.30. The fraction of sp³-hybridized carbons (Fsp3) is 0.464. The summed E-state index contributed by atoms with van der Waals surface area (Å²) < 4.78 is 43.6. The number of allylic oxidation sites excluding steroid dienone is 3. The van der Waals surface area contributed by atoms with Crippen LogP contribution in [-0.4, -0.2) is 35.8 Å². The van der Waals surface area contributed by atoms with Gasteiger partial charge >= 0.3 is 7.40 Å². The third-order valence-electron chi connectivity index (χ3n) is 12.1. The van der Waals surface area contributed by atoms with E-state index in [1.54, 1.807) is 18.5 Å². The minimum atomic E-state index is -2.78. The van der Waals surface area contributed by atoms with Crippen molar-refractivity contribution < 1.29 is 18.1 Å². The minimum absolute atomic E-state index is 0.413. The lowest BCUT2D eigenvalue weighted by molar-refractivity contribution is 0.304. The van der Waals surface area contributed by atoms with Crippen LogP contribution >= 0.6 is 0 Å². The number of hydrogen-bond donors (Lipinski definition) is 0. The summed E-state index contributed by atoms with van der Waals surface area (Å²) in [5, 5.41) is 0. The number of benzene rings is 2. The summed E-state index contributed by atoms with van der Waals surface area (Å²) in [7, 11) is -2.78. The number of halogens is 2. The van der Waals surface area contributed by atoms with Gasteiger partial charge in [-0.3, -0.25) is 13.6 Å². The Kier molecular flexibility index (Phi) is 22.5. The molecule has 0 radical (unpaired) electrons. The molecule has 0 spiro atoms. The van der Waals surface area contributed by atoms with E-state index in [9.17, 15) is 0 Å². The van der Waals surface area contributed by atoms with Crippen LogP contribution in [0.5, 0.6) is 11.5 Å². The van der Waals surface area contributed by atoms with E-state index in [0.717, 1.165) is 69.0 Å². The highest BCUT2D eigenvalue weighted by molar-refractivity contribution is 6.42. The number of aromatic nitrogens is 2. The van der Waals surface area contributed by atoms with Crippen molar-refractivity contribution in [3.8, 4) is 11.5 Å². The number of pyridine rings is 1. The molecule has 0 N–H and O–H groups in total. The van der Waals surface area contributed by atoms with Crippen molar-refractivity contribution in [1.29, 1.82) is 0 Å².